The smallest absolute Gasteiger partial charge is 0.242 e. The number of hydrogen-bond donors (Lipinski definition) is 2. The highest BCUT2D eigenvalue weighted by Gasteiger charge is 2.38. The van der Waals surface area contributed by atoms with Crippen LogP contribution in [0.2, 0.25) is 0 Å². The number of carbonyl (C=O) groups is 2. The van der Waals surface area contributed by atoms with Gasteiger partial charge in [0.05, 0.1) is 6.10 Å². The number of nitrogens with zero attached hydrogens (tertiary/aromatic N) is 1. The molecule has 1 aliphatic carbocycles. The van der Waals surface area contributed by atoms with E-state index < -0.39 is 5.41 Å². The zero-order valence-corrected chi connectivity index (χ0v) is 12.7. The highest BCUT2D eigenvalue weighted by molar-refractivity contribution is 5.90. The Balaban J connectivity index is 1.86. The average molecular weight is 282 g/mol. The third kappa shape index (κ3) is 3.32. The molecule has 0 radical (unpaired) electrons. The van der Waals surface area contributed by atoms with Crippen LogP contribution in [0.4, 0.5) is 0 Å². The summed E-state index contributed by atoms with van der Waals surface area (Å²) < 4.78 is 0. The van der Waals surface area contributed by atoms with Crippen molar-refractivity contribution in [2.45, 2.75) is 58.6 Å². The van der Waals surface area contributed by atoms with E-state index in [1.54, 1.807) is 4.90 Å². The van der Waals surface area contributed by atoms with Crippen molar-refractivity contribution in [1.29, 1.82) is 0 Å². The van der Waals surface area contributed by atoms with Gasteiger partial charge in [-0.3, -0.25) is 9.59 Å². The molecule has 2 N–H and O–H groups in total. The first-order valence-electron chi connectivity index (χ1n) is 7.56. The van der Waals surface area contributed by atoms with E-state index in [4.69, 9.17) is 0 Å². The molecule has 1 unspecified atom stereocenters. The molecule has 0 aromatic heterocycles. The van der Waals surface area contributed by atoms with Crippen molar-refractivity contribution < 1.29 is 14.7 Å². The van der Waals surface area contributed by atoms with Crippen molar-refractivity contribution in [2.75, 3.05) is 13.1 Å². The van der Waals surface area contributed by atoms with Crippen LogP contribution in [-0.2, 0) is 9.59 Å². The van der Waals surface area contributed by atoms with E-state index in [1.807, 2.05) is 20.8 Å². The van der Waals surface area contributed by atoms with Gasteiger partial charge < -0.3 is 15.3 Å². The summed E-state index contributed by atoms with van der Waals surface area (Å²) in [5.74, 6) is 0.401. The SMILES string of the molecule is CC(C)(C)C(=O)N1CCCC1C(=O)NCC1CC(O)C1. The number of likely N-dealkylation sites (tertiary alicyclic amines) is 1. The van der Waals surface area contributed by atoms with Gasteiger partial charge in [-0.15, -0.1) is 0 Å². The van der Waals surface area contributed by atoms with Crippen LogP contribution in [0.3, 0.4) is 0 Å². The van der Waals surface area contributed by atoms with Crippen LogP contribution in [-0.4, -0.2) is 47.1 Å². The third-order valence-corrected chi connectivity index (χ3v) is 4.23. The second-order valence-electron chi connectivity index (χ2n) is 7.14. The number of rotatable bonds is 3. The highest BCUT2D eigenvalue weighted by atomic mass is 16.3. The summed E-state index contributed by atoms with van der Waals surface area (Å²) in [6, 6.07) is -0.313. The van der Waals surface area contributed by atoms with Crippen molar-refractivity contribution in [3.05, 3.63) is 0 Å². The fraction of sp³-hybridized carbons (Fsp3) is 0.867. The van der Waals surface area contributed by atoms with Gasteiger partial charge in [-0.1, -0.05) is 20.8 Å². The van der Waals surface area contributed by atoms with Gasteiger partial charge in [0.15, 0.2) is 0 Å². The van der Waals surface area contributed by atoms with E-state index in [0.717, 1.165) is 25.7 Å². The number of carbonyl (C=O) groups excluding carboxylic acids is 2. The molecule has 1 saturated heterocycles. The maximum absolute atomic E-state index is 12.3. The molecule has 1 heterocycles. The van der Waals surface area contributed by atoms with Gasteiger partial charge in [-0.2, -0.15) is 0 Å². The van der Waals surface area contributed by atoms with Crippen molar-refractivity contribution in [3.63, 3.8) is 0 Å². The molecule has 1 atom stereocenters. The lowest BCUT2D eigenvalue weighted by Gasteiger charge is -2.33. The van der Waals surface area contributed by atoms with E-state index in [-0.39, 0.29) is 24.0 Å². The van der Waals surface area contributed by atoms with Crippen molar-refractivity contribution in [3.8, 4) is 0 Å². The van der Waals surface area contributed by atoms with E-state index in [9.17, 15) is 14.7 Å². The molecular weight excluding hydrogens is 256 g/mol. The number of hydrogen-bond acceptors (Lipinski definition) is 3. The first kappa shape index (κ1) is 15.3. The van der Waals surface area contributed by atoms with Gasteiger partial charge in [-0.05, 0) is 31.6 Å². The number of aliphatic hydroxyl groups excluding tert-OH is 1. The van der Waals surface area contributed by atoms with Crippen LogP contribution in [0.15, 0.2) is 0 Å². The second kappa shape index (κ2) is 5.72. The molecular formula is C15H26N2O3. The molecule has 5 nitrogen and oxygen atoms in total. The predicted molar refractivity (Wildman–Crippen MR) is 75.9 cm³/mol. The lowest BCUT2D eigenvalue weighted by Crippen LogP contribution is -2.50. The van der Waals surface area contributed by atoms with Crippen LogP contribution >= 0.6 is 0 Å². The van der Waals surface area contributed by atoms with Gasteiger partial charge in [0.1, 0.15) is 6.04 Å². The van der Waals surface area contributed by atoms with Crippen LogP contribution in [0.1, 0.15) is 46.5 Å². The third-order valence-electron chi connectivity index (χ3n) is 4.23. The molecule has 2 rings (SSSR count). The van der Waals surface area contributed by atoms with Crippen LogP contribution in [0.5, 0.6) is 0 Å². The minimum Gasteiger partial charge on any atom is -0.393 e. The minimum atomic E-state index is -0.443. The molecule has 1 aliphatic heterocycles. The Labute approximate surface area is 120 Å². The predicted octanol–water partition coefficient (Wildman–Crippen LogP) is 0.911. The minimum absolute atomic E-state index is 0.0403. The van der Waals surface area contributed by atoms with Crippen LogP contribution in [0.25, 0.3) is 0 Å². The van der Waals surface area contributed by atoms with E-state index in [1.165, 1.54) is 0 Å². The topological polar surface area (TPSA) is 69.6 Å². The lowest BCUT2D eigenvalue weighted by atomic mass is 9.82. The van der Waals surface area contributed by atoms with Gasteiger partial charge >= 0.3 is 0 Å². The van der Waals surface area contributed by atoms with Crippen molar-refractivity contribution >= 4 is 11.8 Å². The number of aliphatic hydroxyl groups is 1. The molecule has 2 aliphatic rings. The van der Waals surface area contributed by atoms with E-state index >= 15 is 0 Å². The van der Waals surface area contributed by atoms with Crippen molar-refractivity contribution in [1.82, 2.24) is 10.2 Å². The molecule has 0 aromatic carbocycles. The Hall–Kier alpha value is -1.10. The number of nitrogens with one attached hydrogen (secondary N) is 1. The fourth-order valence-corrected chi connectivity index (χ4v) is 2.94. The summed E-state index contributed by atoms with van der Waals surface area (Å²) in [4.78, 5) is 26.3. The molecule has 2 fully saturated rings. The second-order valence-corrected chi connectivity index (χ2v) is 7.14. The zero-order chi connectivity index (χ0) is 14.9. The average Bonchev–Trinajstić information content (AvgIpc) is 2.79. The van der Waals surface area contributed by atoms with Crippen molar-refractivity contribution in [2.24, 2.45) is 11.3 Å². The Morgan fingerprint density at radius 1 is 1.30 bits per heavy atom. The number of amides is 2. The largest absolute Gasteiger partial charge is 0.393 e. The van der Waals surface area contributed by atoms with Gasteiger partial charge in [-0.25, -0.2) is 0 Å². The van der Waals surface area contributed by atoms with E-state index in [2.05, 4.69) is 5.32 Å². The maximum atomic E-state index is 12.3. The van der Waals surface area contributed by atoms with Crippen LogP contribution in [0, 0.1) is 11.3 Å². The van der Waals surface area contributed by atoms with Crippen LogP contribution < -0.4 is 5.32 Å². The lowest BCUT2D eigenvalue weighted by molar-refractivity contribution is -0.144. The van der Waals surface area contributed by atoms with Gasteiger partial charge in [0.2, 0.25) is 11.8 Å². The normalized spacial score (nSPS) is 30.0. The summed E-state index contributed by atoms with van der Waals surface area (Å²) in [6.45, 7) is 6.95. The maximum Gasteiger partial charge on any atom is 0.242 e. The quantitative estimate of drug-likeness (QED) is 0.808. The summed E-state index contributed by atoms with van der Waals surface area (Å²) in [5.41, 5.74) is -0.443. The zero-order valence-electron chi connectivity index (χ0n) is 12.7. The molecule has 0 aromatic rings. The summed E-state index contributed by atoms with van der Waals surface area (Å²) in [7, 11) is 0. The summed E-state index contributed by atoms with van der Waals surface area (Å²) in [5, 5.41) is 12.2. The summed E-state index contributed by atoms with van der Waals surface area (Å²) >= 11 is 0. The molecule has 0 spiro atoms. The Bertz CT molecular complexity index is 383. The molecule has 2 amide bonds. The molecule has 0 bridgehead atoms. The van der Waals surface area contributed by atoms with Gasteiger partial charge in [0, 0.05) is 18.5 Å². The molecule has 1 saturated carbocycles. The first-order valence-corrected chi connectivity index (χ1v) is 7.56. The molecule has 20 heavy (non-hydrogen) atoms. The Kier molecular flexibility index (Phi) is 4.37. The standard InChI is InChI=1S/C15H26N2O3/c1-15(2,3)14(20)17-6-4-5-12(17)13(19)16-9-10-7-11(18)8-10/h10-12,18H,4-9H2,1-3H3,(H,16,19). The monoisotopic (exact) mass is 282 g/mol. The Morgan fingerprint density at radius 3 is 2.50 bits per heavy atom. The fourth-order valence-electron chi connectivity index (χ4n) is 2.94. The van der Waals surface area contributed by atoms with Gasteiger partial charge in [0.25, 0.3) is 0 Å². The molecule has 114 valence electrons. The summed E-state index contributed by atoms with van der Waals surface area (Å²) in [6.07, 6.45) is 3.00. The first-order chi connectivity index (χ1) is 9.29. The molecule has 5 heteroatoms. The Morgan fingerprint density at radius 2 is 1.95 bits per heavy atom. The van der Waals surface area contributed by atoms with E-state index in [0.29, 0.717) is 19.0 Å². The highest BCUT2D eigenvalue weighted by Crippen LogP contribution is 2.27.